The van der Waals surface area contributed by atoms with E-state index in [9.17, 15) is 8.78 Å². The molecule has 3 aromatic rings. The second kappa shape index (κ2) is 5.95. The van der Waals surface area contributed by atoms with E-state index in [-0.39, 0.29) is 5.56 Å². The molecule has 2 heterocycles. The normalized spacial score (nSPS) is 11.2. The molecule has 0 amide bonds. The van der Waals surface area contributed by atoms with Crippen LogP contribution in [0.15, 0.2) is 30.6 Å². The predicted molar refractivity (Wildman–Crippen MR) is 84.1 cm³/mol. The zero-order chi connectivity index (χ0) is 16.6. The van der Waals surface area contributed by atoms with Gasteiger partial charge in [0, 0.05) is 24.6 Å². The van der Waals surface area contributed by atoms with Crippen molar-refractivity contribution < 1.29 is 8.78 Å². The van der Waals surface area contributed by atoms with Crippen molar-refractivity contribution in [1.29, 1.82) is 0 Å². The largest absolute Gasteiger partial charge is 0.331 e. The van der Waals surface area contributed by atoms with E-state index in [4.69, 9.17) is 0 Å². The van der Waals surface area contributed by atoms with E-state index in [0.717, 1.165) is 42.0 Å². The van der Waals surface area contributed by atoms with Gasteiger partial charge in [-0.3, -0.25) is 0 Å². The summed E-state index contributed by atoms with van der Waals surface area (Å²) in [5, 5.41) is 0. The van der Waals surface area contributed by atoms with Crippen LogP contribution in [0, 0.1) is 25.5 Å². The van der Waals surface area contributed by atoms with Crippen molar-refractivity contribution >= 4 is 0 Å². The molecular formula is C17H18F2N4. The third-order valence-corrected chi connectivity index (χ3v) is 4.05. The molecule has 0 fully saturated rings. The Morgan fingerprint density at radius 3 is 2.70 bits per heavy atom. The lowest BCUT2D eigenvalue weighted by molar-refractivity contribution is 0.598. The van der Waals surface area contributed by atoms with Gasteiger partial charge in [-0.05, 0) is 39.0 Å². The highest BCUT2D eigenvalue weighted by molar-refractivity contribution is 5.56. The van der Waals surface area contributed by atoms with E-state index >= 15 is 0 Å². The Kier molecular flexibility index (Phi) is 3.98. The molecule has 0 N–H and O–H groups in total. The van der Waals surface area contributed by atoms with Crippen LogP contribution >= 0.6 is 0 Å². The number of benzene rings is 1. The molecule has 6 heteroatoms. The lowest BCUT2D eigenvalue weighted by Gasteiger charge is -2.11. The van der Waals surface area contributed by atoms with Crippen LogP contribution in [0.3, 0.4) is 0 Å². The molecule has 0 aliphatic heterocycles. The smallest absolute Gasteiger partial charge is 0.143 e. The van der Waals surface area contributed by atoms with E-state index in [1.807, 2.05) is 13.8 Å². The summed E-state index contributed by atoms with van der Waals surface area (Å²) >= 11 is 0. The van der Waals surface area contributed by atoms with E-state index in [1.54, 1.807) is 17.0 Å². The SMILES string of the molecule is CCn1c(Cn2ccnc2-c2cc(F)ccc2F)nc(C)c1C. The van der Waals surface area contributed by atoms with Gasteiger partial charge in [0.25, 0.3) is 0 Å². The number of aromatic nitrogens is 4. The van der Waals surface area contributed by atoms with Crippen molar-refractivity contribution in [2.45, 2.75) is 33.9 Å². The van der Waals surface area contributed by atoms with Gasteiger partial charge in [0.05, 0.1) is 17.8 Å². The molecule has 0 radical (unpaired) electrons. The summed E-state index contributed by atoms with van der Waals surface area (Å²) in [6.45, 7) is 7.30. The van der Waals surface area contributed by atoms with Crippen molar-refractivity contribution in [1.82, 2.24) is 19.1 Å². The number of hydrogen-bond donors (Lipinski definition) is 0. The highest BCUT2D eigenvalue weighted by Crippen LogP contribution is 2.23. The minimum atomic E-state index is -0.495. The van der Waals surface area contributed by atoms with E-state index < -0.39 is 11.6 Å². The zero-order valence-electron chi connectivity index (χ0n) is 13.3. The minimum absolute atomic E-state index is 0.151. The maximum absolute atomic E-state index is 14.0. The summed E-state index contributed by atoms with van der Waals surface area (Å²) in [6.07, 6.45) is 3.33. The summed E-state index contributed by atoms with van der Waals surface area (Å²) in [7, 11) is 0. The van der Waals surface area contributed by atoms with Gasteiger partial charge < -0.3 is 9.13 Å². The maximum atomic E-state index is 14.0. The van der Waals surface area contributed by atoms with Gasteiger partial charge in [-0.1, -0.05) is 0 Å². The zero-order valence-corrected chi connectivity index (χ0v) is 13.3. The monoisotopic (exact) mass is 316 g/mol. The first-order valence-electron chi connectivity index (χ1n) is 7.50. The molecule has 0 atom stereocenters. The Bertz CT molecular complexity index is 848. The van der Waals surface area contributed by atoms with Crippen molar-refractivity contribution in [3.63, 3.8) is 0 Å². The Labute approximate surface area is 133 Å². The highest BCUT2D eigenvalue weighted by Gasteiger charge is 2.15. The first-order valence-corrected chi connectivity index (χ1v) is 7.50. The third kappa shape index (κ3) is 2.76. The van der Waals surface area contributed by atoms with Crippen molar-refractivity contribution in [3.05, 3.63) is 59.4 Å². The summed E-state index contributed by atoms with van der Waals surface area (Å²) in [4.78, 5) is 8.77. The molecule has 0 unspecified atom stereocenters. The van der Waals surface area contributed by atoms with Gasteiger partial charge in [0.15, 0.2) is 0 Å². The van der Waals surface area contributed by atoms with Gasteiger partial charge in [-0.15, -0.1) is 0 Å². The van der Waals surface area contributed by atoms with E-state index in [1.165, 1.54) is 0 Å². The van der Waals surface area contributed by atoms with Crippen LogP contribution in [0.25, 0.3) is 11.4 Å². The van der Waals surface area contributed by atoms with E-state index in [0.29, 0.717) is 12.4 Å². The van der Waals surface area contributed by atoms with Crippen LogP contribution in [0.2, 0.25) is 0 Å². The van der Waals surface area contributed by atoms with Crippen LogP contribution in [0.4, 0.5) is 8.78 Å². The summed E-state index contributed by atoms with van der Waals surface area (Å²) in [5.74, 6) is 0.282. The van der Waals surface area contributed by atoms with Crippen molar-refractivity contribution in [2.24, 2.45) is 0 Å². The van der Waals surface area contributed by atoms with Crippen LogP contribution < -0.4 is 0 Å². The number of halogens is 2. The van der Waals surface area contributed by atoms with Crippen LogP contribution in [-0.2, 0) is 13.1 Å². The minimum Gasteiger partial charge on any atom is -0.331 e. The molecule has 1 aromatic carbocycles. The molecule has 0 saturated carbocycles. The van der Waals surface area contributed by atoms with E-state index in [2.05, 4.69) is 21.5 Å². The molecule has 0 spiro atoms. The topological polar surface area (TPSA) is 35.6 Å². The second-order valence-corrected chi connectivity index (χ2v) is 5.45. The first-order chi connectivity index (χ1) is 11.0. The summed E-state index contributed by atoms with van der Waals surface area (Å²) in [5.41, 5.74) is 2.24. The molecule has 120 valence electrons. The quantitative estimate of drug-likeness (QED) is 0.735. The Hall–Kier alpha value is -2.50. The standard InChI is InChI=1S/C17H18F2N4/c1-4-23-12(3)11(2)21-16(23)10-22-8-7-20-17(22)14-9-13(18)5-6-15(14)19/h5-9H,4,10H2,1-3H3. The van der Waals surface area contributed by atoms with Crippen LogP contribution in [0.5, 0.6) is 0 Å². The fourth-order valence-corrected chi connectivity index (χ4v) is 2.77. The van der Waals surface area contributed by atoms with Crippen LogP contribution in [0.1, 0.15) is 24.1 Å². The van der Waals surface area contributed by atoms with Gasteiger partial charge >= 0.3 is 0 Å². The molecule has 0 aliphatic rings. The molecule has 0 saturated heterocycles. The summed E-state index contributed by atoms with van der Waals surface area (Å²) < 4.78 is 31.4. The van der Waals surface area contributed by atoms with Crippen molar-refractivity contribution in [2.75, 3.05) is 0 Å². The lowest BCUT2D eigenvalue weighted by Crippen LogP contribution is -2.10. The highest BCUT2D eigenvalue weighted by atomic mass is 19.1. The Morgan fingerprint density at radius 2 is 1.96 bits per heavy atom. The molecule has 3 rings (SSSR count). The molecule has 0 bridgehead atoms. The van der Waals surface area contributed by atoms with Crippen molar-refractivity contribution in [3.8, 4) is 11.4 Å². The third-order valence-electron chi connectivity index (χ3n) is 4.05. The average Bonchev–Trinajstić information content (AvgIpc) is 3.07. The van der Waals surface area contributed by atoms with Gasteiger partial charge in [0.1, 0.15) is 23.3 Å². The lowest BCUT2D eigenvalue weighted by atomic mass is 10.2. The van der Waals surface area contributed by atoms with Gasteiger partial charge in [-0.25, -0.2) is 18.7 Å². The fraction of sp³-hybridized carbons (Fsp3) is 0.294. The first kappa shape index (κ1) is 15.4. The summed E-state index contributed by atoms with van der Waals surface area (Å²) in [6, 6.07) is 3.38. The number of rotatable bonds is 4. The number of aryl methyl sites for hydroxylation is 1. The number of imidazole rings is 2. The Balaban J connectivity index is 2.02. The van der Waals surface area contributed by atoms with Gasteiger partial charge in [0.2, 0.25) is 0 Å². The molecule has 23 heavy (non-hydrogen) atoms. The average molecular weight is 316 g/mol. The number of nitrogens with zero attached hydrogens (tertiary/aromatic N) is 4. The second-order valence-electron chi connectivity index (χ2n) is 5.45. The maximum Gasteiger partial charge on any atom is 0.143 e. The molecular weight excluding hydrogens is 298 g/mol. The molecule has 0 aliphatic carbocycles. The number of hydrogen-bond acceptors (Lipinski definition) is 2. The van der Waals surface area contributed by atoms with Gasteiger partial charge in [-0.2, -0.15) is 0 Å². The molecule has 4 nitrogen and oxygen atoms in total. The predicted octanol–water partition coefficient (Wildman–Crippen LogP) is 3.71. The fourth-order valence-electron chi connectivity index (χ4n) is 2.77. The van der Waals surface area contributed by atoms with Crippen LogP contribution in [-0.4, -0.2) is 19.1 Å². The molecule has 2 aromatic heterocycles. The Morgan fingerprint density at radius 1 is 1.17 bits per heavy atom.